The molecule has 1 aromatic carbocycles. The molecule has 0 atom stereocenters. The van der Waals surface area contributed by atoms with Gasteiger partial charge < -0.3 is 0 Å². The predicted octanol–water partition coefficient (Wildman–Crippen LogP) is 1.22. The molecule has 0 aromatic heterocycles. The van der Waals surface area contributed by atoms with Crippen LogP contribution in [0.2, 0.25) is 0 Å². The van der Waals surface area contributed by atoms with Crippen LogP contribution < -0.4 is 0 Å². The Morgan fingerprint density at radius 1 is 0.882 bits per heavy atom. The maximum atomic E-state index is 10.6. The van der Waals surface area contributed by atoms with Crippen molar-refractivity contribution in [2.75, 3.05) is 0 Å². The van der Waals surface area contributed by atoms with Gasteiger partial charge in [-0.25, -0.2) is 0 Å². The highest BCUT2D eigenvalue weighted by Gasteiger charge is 2.36. The van der Waals surface area contributed by atoms with Gasteiger partial charge in [-0.15, -0.1) is 0 Å². The number of rotatable bonds is 4. The van der Waals surface area contributed by atoms with Gasteiger partial charge >= 0.3 is 17.1 Å². The molecule has 0 saturated heterocycles. The topological polar surface area (TPSA) is 146 Å². The number of hydrogen-bond acceptors (Lipinski definition) is 7. The predicted molar refractivity (Wildman–Crippen MR) is 51.8 cm³/mol. The van der Waals surface area contributed by atoms with Crippen LogP contribution in [0.4, 0.5) is 17.1 Å². The van der Waals surface area contributed by atoms with E-state index in [1.54, 1.807) is 0 Å². The van der Waals surface area contributed by atoms with E-state index in [4.69, 9.17) is 0 Å². The molecule has 0 radical (unpaired) electrons. The van der Waals surface area contributed by atoms with Gasteiger partial charge in [-0.2, -0.15) is 0 Å². The molecule has 88 valence electrons. The van der Waals surface area contributed by atoms with Crippen LogP contribution in [0.15, 0.2) is 12.1 Å². The van der Waals surface area contributed by atoms with Gasteiger partial charge in [-0.1, -0.05) is 0 Å². The van der Waals surface area contributed by atoms with E-state index in [0.29, 0.717) is 12.1 Å². The van der Waals surface area contributed by atoms with E-state index in [2.05, 4.69) is 0 Å². The van der Waals surface area contributed by atoms with Crippen molar-refractivity contribution in [1.29, 1.82) is 0 Å². The Bertz CT molecular complexity index is 503. The third-order valence-electron chi connectivity index (χ3n) is 1.80. The zero-order valence-electron chi connectivity index (χ0n) is 7.93. The van der Waals surface area contributed by atoms with Gasteiger partial charge in [0.2, 0.25) is 0 Å². The fourth-order valence-corrected chi connectivity index (χ4v) is 1.16. The van der Waals surface area contributed by atoms with Gasteiger partial charge in [-0.05, 0) is 0 Å². The Hall–Kier alpha value is -2.91. The van der Waals surface area contributed by atoms with E-state index in [-0.39, 0.29) is 11.8 Å². The normalized spacial score (nSPS) is 9.65. The molecule has 0 unspecified atom stereocenters. The summed E-state index contributed by atoms with van der Waals surface area (Å²) in [5.41, 5.74) is -3.81. The first kappa shape index (κ1) is 12.2. The second-order valence-corrected chi connectivity index (χ2v) is 2.80. The fraction of sp³-hybridized carbons (Fsp3) is 0. The molecule has 0 fully saturated rings. The second kappa shape index (κ2) is 4.30. The molecule has 0 saturated carbocycles. The lowest BCUT2D eigenvalue weighted by atomic mass is 10.1. The standard InChI is InChI=1S/C7H3N3O7/c11-3-4-1-5(8(12)13)7(10(16)17)6(2-4)9(14)15/h1-3H. The van der Waals surface area contributed by atoms with Gasteiger partial charge in [0.1, 0.15) is 0 Å². The fourth-order valence-electron chi connectivity index (χ4n) is 1.16. The minimum absolute atomic E-state index is 0.129. The van der Waals surface area contributed by atoms with Gasteiger partial charge in [-0.3, -0.25) is 35.1 Å². The minimum atomic E-state index is -1.24. The lowest BCUT2D eigenvalue weighted by Gasteiger charge is -1.97. The van der Waals surface area contributed by atoms with Gasteiger partial charge in [0.15, 0.2) is 6.29 Å². The summed E-state index contributed by atoms with van der Waals surface area (Å²) >= 11 is 0. The lowest BCUT2D eigenvalue weighted by molar-refractivity contribution is -0.441. The van der Waals surface area contributed by atoms with Crippen LogP contribution in [0.25, 0.3) is 0 Å². The zero-order chi connectivity index (χ0) is 13.2. The molecule has 0 heterocycles. The molecule has 0 bridgehead atoms. The molecule has 0 aliphatic rings. The van der Waals surface area contributed by atoms with Crippen LogP contribution >= 0.6 is 0 Å². The molecular weight excluding hydrogens is 238 g/mol. The number of carbonyl (C=O) groups is 1. The maximum absolute atomic E-state index is 10.6. The summed E-state index contributed by atoms with van der Waals surface area (Å²) in [7, 11) is 0. The van der Waals surface area contributed by atoms with Crippen LogP contribution in [-0.2, 0) is 0 Å². The van der Waals surface area contributed by atoms with Crippen LogP contribution in [0.5, 0.6) is 0 Å². The van der Waals surface area contributed by atoms with E-state index in [1.165, 1.54) is 0 Å². The molecular formula is C7H3N3O7. The number of hydrogen-bond donors (Lipinski definition) is 0. The van der Waals surface area contributed by atoms with E-state index in [1.807, 2.05) is 0 Å². The van der Waals surface area contributed by atoms with Crippen molar-refractivity contribution in [2.24, 2.45) is 0 Å². The molecule has 10 nitrogen and oxygen atoms in total. The molecule has 0 spiro atoms. The minimum Gasteiger partial charge on any atom is -0.298 e. The van der Waals surface area contributed by atoms with E-state index in [0.717, 1.165) is 0 Å². The van der Waals surface area contributed by atoms with E-state index < -0.39 is 31.8 Å². The first-order valence-corrected chi connectivity index (χ1v) is 3.95. The summed E-state index contributed by atoms with van der Waals surface area (Å²) < 4.78 is 0. The Morgan fingerprint density at radius 2 is 1.29 bits per heavy atom. The summed E-state index contributed by atoms with van der Waals surface area (Å²) in [5.74, 6) is 0. The number of nitrogens with zero attached hydrogens (tertiary/aromatic N) is 3. The first-order chi connectivity index (χ1) is 7.88. The SMILES string of the molecule is O=Cc1cc([N+](=O)[O-])c([N+](=O)[O-])c([N+](=O)[O-])c1. The summed E-state index contributed by atoms with van der Waals surface area (Å²) in [5, 5.41) is 31.6. The Labute approximate surface area is 91.9 Å². The molecule has 0 aliphatic carbocycles. The molecule has 0 aliphatic heterocycles. The molecule has 0 N–H and O–H groups in total. The molecule has 1 aromatic rings. The summed E-state index contributed by atoms with van der Waals surface area (Å²) in [4.78, 5) is 38.5. The van der Waals surface area contributed by atoms with Crippen LogP contribution in [0.3, 0.4) is 0 Å². The monoisotopic (exact) mass is 241 g/mol. The van der Waals surface area contributed by atoms with Gasteiger partial charge in [0.25, 0.3) is 0 Å². The van der Waals surface area contributed by atoms with Crippen molar-refractivity contribution in [2.45, 2.75) is 0 Å². The molecule has 17 heavy (non-hydrogen) atoms. The van der Waals surface area contributed by atoms with Crippen molar-refractivity contribution in [3.05, 3.63) is 48.0 Å². The molecule has 0 amide bonds. The summed E-state index contributed by atoms with van der Waals surface area (Å²) in [6.45, 7) is 0. The van der Waals surface area contributed by atoms with Gasteiger partial charge in [0.05, 0.1) is 14.8 Å². The average Bonchev–Trinajstić information content (AvgIpc) is 2.26. The molecule has 1 rings (SSSR count). The number of nitro benzene ring substituents is 3. The highest BCUT2D eigenvalue weighted by atomic mass is 16.6. The average molecular weight is 241 g/mol. The van der Waals surface area contributed by atoms with Crippen molar-refractivity contribution in [3.8, 4) is 0 Å². The summed E-state index contributed by atoms with van der Waals surface area (Å²) in [6.07, 6.45) is 0.129. The van der Waals surface area contributed by atoms with E-state index >= 15 is 0 Å². The number of carbonyl (C=O) groups excluding carboxylic acids is 1. The van der Waals surface area contributed by atoms with E-state index in [9.17, 15) is 35.1 Å². The highest BCUT2D eigenvalue weighted by molar-refractivity contribution is 5.82. The number of benzene rings is 1. The van der Waals surface area contributed by atoms with Crippen LogP contribution in [-0.4, -0.2) is 21.1 Å². The second-order valence-electron chi connectivity index (χ2n) is 2.80. The first-order valence-electron chi connectivity index (χ1n) is 3.95. The van der Waals surface area contributed by atoms with Crippen molar-refractivity contribution >= 4 is 23.3 Å². The van der Waals surface area contributed by atoms with Crippen LogP contribution in [0.1, 0.15) is 10.4 Å². The Morgan fingerprint density at radius 3 is 1.53 bits per heavy atom. The quantitative estimate of drug-likeness (QED) is 0.437. The van der Waals surface area contributed by atoms with Crippen molar-refractivity contribution in [3.63, 3.8) is 0 Å². The van der Waals surface area contributed by atoms with Crippen LogP contribution in [0, 0.1) is 30.3 Å². The number of nitro groups is 3. The maximum Gasteiger partial charge on any atom is 0.422 e. The third-order valence-corrected chi connectivity index (χ3v) is 1.80. The zero-order valence-corrected chi connectivity index (χ0v) is 7.93. The largest absolute Gasteiger partial charge is 0.422 e. The smallest absolute Gasteiger partial charge is 0.298 e. The summed E-state index contributed by atoms with van der Waals surface area (Å²) in [6, 6.07) is 1.22. The number of aldehydes is 1. The highest BCUT2D eigenvalue weighted by Crippen LogP contribution is 2.36. The third kappa shape index (κ3) is 2.19. The Balaban J connectivity index is 3.73. The lowest BCUT2D eigenvalue weighted by Crippen LogP contribution is -2.02. The Kier molecular flexibility index (Phi) is 3.08. The van der Waals surface area contributed by atoms with Gasteiger partial charge in [0, 0.05) is 17.7 Å². The van der Waals surface area contributed by atoms with Crippen molar-refractivity contribution < 1.29 is 19.6 Å². The van der Waals surface area contributed by atoms with Crippen molar-refractivity contribution in [1.82, 2.24) is 0 Å². The molecule has 10 heteroatoms.